The van der Waals surface area contributed by atoms with E-state index in [0.29, 0.717) is 13.0 Å². The molecule has 1 aromatic rings. The molecule has 132 valence electrons. The van der Waals surface area contributed by atoms with Crippen LogP contribution in [-0.2, 0) is 14.3 Å². The standard InChI is InChI=1S/C17H18N2O6/c1-10-2-3-11-12(6-10)16(24)19(15(11)23)8-13(20)18-17(7-14(21)22)4-5-25-9-17/h2-3,6H,4-5,7-9H2,1H3,(H,18,20)(H,21,22). The van der Waals surface area contributed by atoms with Crippen LogP contribution in [-0.4, -0.2) is 59.0 Å². The Morgan fingerprint density at radius 3 is 2.64 bits per heavy atom. The van der Waals surface area contributed by atoms with E-state index in [-0.39, 0.29) is 24.2 Å². The first kappa shape index (κ1) is 17.1. The van der Waals surface area contributed by atoms with Crippen LogP contribution < -0.4 is 5.32 Å². The maximum atomic E-state index is 12.4. The molecule has 0 spiro atoms. The van der Waals surface area contributed by atoms with Gasteiger partial charge >= 0.3 is 5.97 Å². The fourth-order valence-corrected chi connectivity index (χ4v) is 3.21. The number of carbonyl (C=O) groups excluding carboxylic acids is 3. The first-order valence-electron chi connectivity index (χ1n) is 7.89. The number of carbonyl (C=O) groups is 4. The van der Waals surface area contributed by atoms with E-state index >= 15 is 0 Å². The Kier molecular flexibility index (Phi) is 4.30. The third kappa shape index (κ3) is 3.25. The maximum Gasteiger partial charge on any atom is 0.305 e. The lowest BCUT2D eigenvalue weighted by Gasteiger charge is -2.27. The van der Waals surface area contributed by atoms with E-state index in [1.807, 2.05) is 6.92 Å². The summed E-state index contributed by atoms with van der Waals surface area (Å²) in [6.45, 7) is 1.79. The number of fused-ring (bicyclic) bond motifs is 1. The zero-order valence-electron chi connectivity index (χ0n) is 13.7. The van der Waals surface area contributed by atoms with Crippen molar-refractivity contribution in [2.45, 2.75) is 25.3 Å². The molecule has 3 amide bonds. The fraction of sp³-hybridized carbons (Fsp3) is 0.412. The average molecular weight is 346 g/mol. The number of hydrogen-bond acceptors (Lipinski definition) is 5. The van der Waals surface area contributed by atoms with Crippen molar-refractivity contribution in [2.24, 2.45) is 0 Å². The van der Waals surface area contributed by atoms with Crippen molar-refractivity contribution in [3.63, 3.8) is 0 Å². The van der Waals surface area contributed by atoms with Crippen LogP contribution in [0.15, 0.2) is 18.2 Å². The molecule has 0 saturated carbocycles. The Balaban J connectivity index is 1.72. The van der Waals surface area contributed by atoms with E-state index in [2.05, 4.69) is 5.32 Å². The molecule has 2 aliphatic rings. The zero-order chi connectivity index (χ0) is 18.2. The van der Waals surface area contributed by atoms with Gasteiger partial charge in [-0.25, -0.2) is 0 Å². The van der Waals surface area contributed by atoms with Gasteiger partial charge in [0, 0.05) is 6.61 Å². The largest absolute Gasteiger partial charge is 0.481 e. The summed E-state index contributed by atoms with van der Waals surface area (Å²) in [4.78, 5) is 49.0. The highest BCUT2D eigenvalue weighted by atomic mass is 16.5. The number of imide groups is 1. The highest BCUT2D eigenvalue weighted by Crippen LogP contribution is 2.25. The number of aryl methyl sites for hydroxylation is 1. The Morgan fingerprint density at radius 1 is 1.28 bits per heavy atom. The van der Waals surface area contributed by atoms with Crippen molar-refractivity contribution in [2.75, 3.05) is 19.8 Å². The molecule has 2 heterocycles. The van der Waals surface area contributed by atoms with E-state index in [1.54, 1.807) is 18.2 Å². The zero-order valence-corrected chi connectivity index (χ0v) is 13.7. The molecular formula is C17H18N2O6. The van der Waals surface area contributed by atoms with Gasteiger partial charge in [-0.2, -0.15) is 0 Å². The molecule has 1 saturated heterocycles. The summed E-state index contributed by atoms with van der Waals surface area (Å²) in [7, 11) is 0. The summed E-state index contributed by atoms with van der Waals surface area (Å²) in [6, 6.07) is 4.91. The predicted molar refractivity (Wildman–Crippen MR) is 85.1 cm³/mol. The van der Waals surface area contributed by atoms with Crippen LogP contribution in [0, 0.1) is 6.92 Å². The van der Waals surface area contributed by atoms with Crippen LogP contribution in [0.2, 0.25) is 0 Å². The number of ether oxygens (including phenoxy) is 1. The van der Waals surface area contributed by atoms with Gasteiger partial charge in [0.1, 0.15) is 6.54 Å². The lowest BCUT2D eigenvalue weighted by atomic mass is 9.94. The SMILES string of the molecule is Cc1ccc2c(c1)C(=O)N(CC(=O)NC1(CC(=O)O)CCOC1)C2=O. The Labute approximate surface area is 143 Å². The highest BCUT2D eigenvalue weighted by molar-refractivity contribution is 6.22. The van der Waals surface area contributed by atoms with Crippen molar-refractivity contribution in [1.29, 1.82) is 0 Å². The number of nitrogens with one attached hydrogen (secondary N) is 1. The second-order valence-corrected chi connectivity index (χ2v) is 6.45. The van der Waals surface area contributed by atoms with Gasteiger partial charge in [-0.15, -0.1) is 0 Å². The number of amides is 3. The molecular weight excluding hydrogens is 328 g/mol. The normalized spacial score (nSPS) is 22.2. The molecule has 8 nitrogen and oxygen atoms in total. The first-order chi connectivity index (χ1) is 11.8. The van der Waals surface area contributed by atoms with E-state index in [4.69, 9.17) is 9.84 Å². The summed E-state index contributed by atoms with van der Waals surface area (Å²) in [6.07, 6.45) is 0.0897. The number of carboxylic acids is 1. The topological polar surface area (TPSA) is 113 Å². The Hall–Kier alpha value is -2.74. The van der Waals surface area contributed by atoms with Gasteiger partial charge in [-0.1, -0.05) is 11.6 Å². The quantitative estimate of drug-likeness (QED) is 0.744. The number of hydrogen-bond donors (Lipinski definition) is 2. The summed E-state index contributed by atoms with van der Waals surface area (Å²) >= 11 is 0. The third-order valence-corrected chi connectivity index (χ3v) is 4.43. The molecule has 1 fully saturated rings. The van der Waals surface area contributed by atoms with Gasteiger partial charge in [0.2, 0.25) is 5.91 Å². The number of nitrogens with zero attached hydrogens (tertiary/aromatic N) is 1. The van der Waals surface area contributed by atoms with E-state index < -0.39 is 35.8 Å². The van der Waals surface area contributed by atoms with Gasteiger partial charge in [0.15, 0.2) is 0 Å². The molecule has 8 heteroatoms. The van der Waals surface area contributed by atoms with Crippen molar-refractivity contribution < 1.29 is 29.0 Å². The van der Waals surface area contributed by atoms with Crippen LogP contribution in [0.25, 0.3) is 0 Å². The summed E-state index contributed by atoms with van der Waals surface area (Å²) in [5.74, 6) is -2.68. The summed E-state index contributed by atoms with van der Waals surface area (Å²) in [5.41, 5.74) is 0.392. The molecule has 0 aliphatic carbocycles. The van der Waals surface area contributed by atoms with Crippen LogP contribution in [0.4, 0.5) is 0 Å². The third-order valence-electron chi connectivity index (χ3n) is 4.43. The van der Waals surface area contributed by atoms with Crippen molar-refractivity contribution in [3.8, 4) is 0 Å². The number of benzene rings is 1. The summed E-state index contributed by atoms with van der Waals surface area (Å²) < 4.78 is 5.21. The number of aliphatic carboxylic acids is 1. The Bertz CT molecular complexity index is 766. The van der Waals surface area contributed by atoms with Crippen LogP contribution in [0.5, 0.6) is 0 Å². The molecule has 2 N–H and O–H groups in total. The number of rotatable bonds is 5. The van der Waals surface area contributed by atoms with Gasteiger partial charge in [0.05, 0.1) is 29.7 Å². The molecule has 1 aromatic carbocycles. The molecule has 25 heavy (non-hydrogen) atoms. The molecule has 0 aromatic heterocycles. The van der Waals surface area contributed by atoms with Crippen LogP contribution >= 0.6 is 0 Å². The van der Waals surface area contributed by atoms with Crippen LogP contribution in [0.3, 0.4) is 0 Å². The van der Waals surface area contributed by atoms with Crippen molar-refractivity contribution in [1.82, 2.24) is 10.2 Å². The van der Waals surface area contributed by atoms with Gasteiger partial charge in [0.25, 0.3) is 11.8 Å². The predicted octanol–water partition coefficient (Wildman–Crippen LogP) is 0.341. The lowest BCUT2D eigenvalue weighted by molar-refractivity contribution is -0.139. The van der Waals surface area contributed by atoms with Crippen LogP contribution in [0.1, 0.15) is 39.1 Å². The molecule has 0 radical (unpaired) electrons. The van der Waals surface area contributed by atoms with E-state index in [0.717, 1.165) is 10.5 Å². The maximum absolute atomic E-state index is 12.4. The number of carboxylic acid groups (broad SMARTS) is 1. The van der Waals surface area contributed by atoms with Gasteiger partial charge in [-0.05, 0) is 25.5 Å². The summed E-state index contributed by atoms with van der Waals surface area (Å²) in [5, 5.41) is 11.7. The van der Waals surface area contributed by atoms with E-state index in [9.17, 15) is 19.2 Å². The second kappa shape index (κ2) is 6.29. The van der Waals surface area contributed by atoms with Gasteiger partial charge in [-0.3, -0.25) is 24.1 Å². The van der Waals surface area contributed by atoms with Crippen molar-refractivity contribution >= 4 is 23.7 Å². The molecule has 3 rings (SSSR count). The lowest BCUT2D eigenvalue weighted by Crippen LogP contribution is -2.53. The highest BCUT2D eigenvalue weighted by Gasteiger charge is 2.41. The fourth-order valence-electron chi connectivity index (χ4n) is 3.21. The first-order valence-corrected chi connectivity index (χ1v) is 7.89. The van der Waals surface area contributed by atoms with Gasteiger partial charge < -0.3 is 15.2 Å². The Morgan fingerprint density at radius 2 is 2.00 bits per heavy atom. The average Bonchev–Trinajstić information content (AvgIpc) is 3.06. The monoisotopic (exact) mass is 346 g/mol. The smallest absolute Gasteiger partial charge is 0.305 e. The van der Waals surface area contributed by atoms with E-state index in [1.165, 1.54) is 0 Å². The minimum Gasteiger partial charge on any atom is -0.481 e. The minimum atomic E-state index is -1.05. The second-order valence-electron chi connectivity index (χ2n) is 6.45. The molecule has 1 unspecified atom stereocenters. The molecule has 0 bridgehead atoms. The molecule has 1 atom stereocenters. The van der Waals surface area contributed by atoms with Crippen molar-refractivity contribution in [3.05, 3.63) is 34.9 Å². The molecule has 2 aliphatic heterocycles. The minimum absolute atomic E-state index is 0.0896.